The molecule has 3 rings (SSSR count). The van der Waals surface area contributed by atoms with Crippen LogP contribution in [0.25, 0.3) is 5.69 Å². The first-order chi connectivity index (χ1) is 13.5. The Morgan fingerprint density at radius 3 is 2.14 bits per heavy atom. The van der Waals surface area contributed by atoms with Crippen LogP contribution in [-0.2, 0) is 0 Å². The summed E-state index contributed by atoms with van der Waals surface area (Å²) < 4.78 is 17.7. The molecule has 0 saturated carbocycles. The number of carbonyl (C=O) groups is 1. The maximum atomic E-state index is 13.0. The second-order valence-electron chi connectivity index (χ2n) is 6.15. The van der Waals surface area contributed by atoms with Crippen molar-refractivity contribution in [3.05, 3.63) is 59.4 Å². The Morgan fingerprint density at radius 2 is 1.54 bits per heavy atom. The van der Waals surface area contributed by atoms with Crippen molar-refractivity contribution < 1.29 is 19.0 Å². The van der Waals surface area contributed by atoms with Crippen molar-refractivity contribution in [2.24, 2.45) is 0 Å². The average Bonchev–Trinajstić information content (AvgIpc) is 3.01. The van der Waals surface area contributed by atoms with Crippen molar-refractivity contribution in [3.63, 3.8) is 0 Å². The number of nitrogens with one attached hydrogen (secondary N) is 1. The van der Waals surface area contributed by atoms with Gasteiger partial charge >= 0.3 is 0 Å². The number of nitrogens with zero attached hydrogens (tertiary/aromatic N) is 2. The van der Waals surface area contributed by atoms with Crippen molar-refractivity contribution in [2.75, 3.05) is 26.6 Å². The molecular formula is C21H23N3O4. The number of rotatable bonds is 6. The maximum absolute atomic E-state index is 13.0. The Kier molecular flexibility index (Phi) is 5.54. The number of carbonyl (C=O) groups excluding carboxylic acids is 1. The molecule has 146 valence electrons. The monoisotopic (exact) mass is 381 g/mol. The van der Waals surface area contributed by atoms with Crippen LogP contribution >= 0.6 is 0 Å². The topological polar surface area (TPSA) is 74.6 Å². The number of amides is 1. The Balaban J connectivity index is 1.97. The molecule has 0 unspecified atom stereocenters. The van der Waals surface area contributed by atoms with E-state index in [2.05, 4.69) is 10.4 Å². The zero-order valence-electron chi connectivity index (χ0n) is 16.6. The van der Waals surface area contributed by atoms with Crippen LogP contribution in [0.3, 0.4) is 0 Å². The minimum Gasteiger partial charge on any atom is -0.496 e. The van der Waals surface area contributed by atoms with E-state index in [-0.39, 0.29) is 5.91 Å². The van der Waals surface area contributed by atoms with E-state index in [1.807, 2.05) is 44.2 Å². The molecule has 0 aliphatic carbocycles. The number of benzene rings is 2. The van der Waals surface area contributed by atoms with E-state index >= 15 is 0 Å². The predicted octanol–water partition coefficient (Wildman–Crippen LogP) is 3.77. The molecule has 1 amide bonds. The quantitative estimate of drug-likeness (QED) is 0.704. The Bertz CT molecular complexity index is 997. The van der Waals surface area contributed by atoms with Crippen LogP contribution in [0.4, 0.5) is 5.69 Å². The SMILES string of the molecule is COc1cc(OC)c(C(=O)Nc2c(C)nn(-c3ccccc3)c2C)cc1OC. The third-order valence-corrected chi connectivity index (χ3v) is 4.48. The molecule has 0 saturated heterocycles. The number of aromatic nitrogens is 2. The van der Waals surface area contributed by atoms with Gasteiger partial charge in [0.1, 0.15) is 5.75 Å². The summed E-state index contributed by atoms with van der Waals surface area (Å²) in [4.78, 5) is 13.0. The van der Waals surface area contributed by atoms with Crippen LogP contribution in [0.5, 0.6) is 17.2 Å². The van der Waals surface area contributed by atoms with Gasteiger partial charge < -0.3 is 19.5 Å². The molecule has 7 heteroatoms. The van der Waals surface area contributed by atoms with Crippen LogP contribution < -0.4 is 19.5 Å². The van der Waals surface area contributed by atoms with Gasteiger partial charge in [-0.2, -0.15) is 5.10 Å². The maximum Gasteiger partial charge on any atom is 0.259 e. The summed E-state index contributed by atoms with van der Waals surface area (Å²) in [6, 6.07) is 13.0. The highest BCUT2D eigenvalue weighted by Crippen LogP contribution is 2.35. The fourth-order valence-corrected chi connectivity index (χ4v) is 3.03. The predicted molar refractivity (Wildman–Crippen MR) is 107 cm³/mol. The molecule has 0 fully saturated rings. The molecule has 0 spiro atoms. The fourth-order valence-electron chi connectivity index (χ4n) is 3.03. The van der Waals surface area contributed by atoms with Gasteiger partial charge in [0.15, 0.2) is 11.5 Å². The summed E-state index contributed by atoms with van der Waals surface area (Å²) in [6.07, 6.45) is 0. The number of anilines is 1. The largest absolute Gasteiger partial charge is 0.496 e. The molecule has 0 aliphatic heterocycles. The lowest BCUT2D eigenvalue weighted by Crippen LogP contribution is -2.15. The number of hydrogen-bond donors (Lipinski definition) is 1. The van der Waals surface area contributed by atoms with Gasteiger partial charge in [-0.05, 0) is 26.0 Å². The lowest BCUT2D eigenvalue weighted by molar-refractivity contribution is 0.102. The van der Waals surface area contributed by atoms with Crippen LogP contribution in [0, 0.1) is 13.8 Å². The Hall–Kier alpha value is -3.48. The molecule has 1 heterocycles. The molecule has 1 aromatic heterocycles. The summed E-state index contributed by atoms with van der Waals surface area (Å²) in [5.41, 5.74) is 3.47. The number of aryl methyl sites for hydroxylation is 1. The Morgan fingerprint density at radius 1 is 0.929 bits per heavy atom. The summed E-state index contributed by atoms with van der Waals surface area (Å²) in [7, 11) is 4.55. The highest BCUT2D eigenvalue weighted by molar-refractivity contribution is 6.07. The molecule has 0 aliphatic rings. The van der Waals surface area contributed by atoms with Crippen molar-refractivity contribution in [2.45, 2.75) is 13.8 Å². The van der Waals surface area contributed by atoms with Crippen LogP contribution in [0.15, 0.2) is 42.5 Å². The van der Waals surface area contributed by atoms with Crippen molar-refractivity contribution in [1.82, 2.24) is 9.78 Å². The molecule has 1 N–H and O–H groups in total. The third kappa shape index (κ3) is 3.51. The first kappa shape index (κ1) is 19.3. The first-order valence-corrected chi connectivity index (χ1v) is 8.73. The highest BCUT2D eigenvalue weighted by Gasteiger charge is 2.21. The lowest BCUT2D eigenvalue weighted by atomic mass is 10.1. The molecule has 2 aromatic carbocycles. The number of para-hydroxylation sites is 1. The van der Waals surface area contributed by atoms with Crippen LogP contribution in [-0.4, -0.2) is 37.0 Å². The van der Waals surface area contributed by atoms with Gasteiger partial charge in [0.2, 0.25) is 0 Å². The second kappa shape index (κ2) is 8.04. The summed E-state index contributed by atoms with van der Waals surface area (Å²) in [5, 5.41) is 7.51. The third-order valence-electron chi connectivity index (χ3n) is 4.48. The van der Waals surface area contributed by atoms with Crippen LogP contribution in [0.1, 0.15) is 21.7 Å². The molecule has 0 bridgehead atoms. The summed E-state index contributed by atoms with van der Waals surface area (Å²) in [5.74, 6) is 1.000. The molecule has 7 nitrogen and oxygen atoms in total. The van der Waals surface area contributed by atoms with Crippen molar-refractivity contribution in [1.29, 1.82) is 0 Å². The van der Waals surface area contributed by atoms with Gasteiger partial charge in [0, 0.05) is 12.1 Å². The van der Waals surface area contributed by atoms with E-state index in [0.717, 1.165) is 11.4 Å². The first-order valence-electron chi connectivity index (χ1n) is 8.73. The summed E-state index contributed by atoms with van der Waals surface area (Å²) >= 11 is 0. The minimum absolute atomic E-state index is 0.323. The molecule has 0 radical (unpaired) electrons. The lowest BCUT2D eigenvalue weighted by Gasteiger charge is -2.14. The van der Waals surface area contributed by atoms with E-state index in [1.165, 1.54) is 21.3 Å². The van der Waals surface area contributed by atoms with Gasteiger partial charge in [-0.1, -0.05) is 18.2 Å². The number of methoxy groups -OCH3 is 3. The van der Waals surface area contributed by atoms with Gasteiger partial charge in [-0.3, -0.25) is 4.79 Å². The minimum atomic E-state index is -0.323. The van der Waals surface area contributed by atoms with Gasteiger partial charge in [-0.25, -0.2) is 4.68 Å². The number of ether oxygens (including phenoxy) is 3. The van der Waals surface area contributed by atoms with E-state index in [9.17, 15) is 4.79 Å². The number of hydrogen-bond acceptors (Lipinski definition) is 5. The normalized spacial score (nSPS) is 10.5. The molecule has 0 atom stereocenters. The Labute approximate surface area is 163 Å². The van der Waals surface area contributed by atoms with Crippen molar-refractivity contribution in [3.8, 4) is 22.9 Å². The second-order valence-corrected chi connectivity index (χ2v) is 6.15. The van der Waals surface area contributed by atoms with Crippen molar-refractivity contribution >= 4 is 11.6 Å². The zero-order valence-corrected chi connectivity index (χ0v) is 16.6. The molecule has 28 heavy (non-hydrogen) atoms. The molecular weight excluding hydrogens is 358 g/mol. The highest BCUT2D eigenvalue weighted by atomic mass is 16.5. The van der Waals surface area contributed by atoms with Crippen LogP contribution in [0.2, 0.25) is 0 Å². The van der Waals surface area contributed by atoms with Gasteiger partial charge in [0.25, 0.3) is 5.91 Å². The molecule has 3 aromatic rings. The zero-order chi connectivity index (χ0) is 20.3. The van der Waals surface area contributed by atoms with Gasteiger partial charge in [-0.15, -0.1) is 0 Å². The fraction of sp³-hybridized carbons (Fsp3) is 0.238. The van der Waals surface area contributed by atoms with E-state index in [4.69, 9.17) is 14.2 Å². The van der Waals surface area contributed by atoms with E-state index in [1.54, 1.807) is 16.8 Å². The van der Waals surface area contributed by atoms with Gasteiger partial charge in [0.05, 0.1) is 49.7 Å². The smallest absolute Gasteiger partial charge is 0.259 e. The summed E-state index contributed by atoms with van der Waals surface area (Å²) in [6.45, 7) is 3.77. The van der Waals surface area contributed by atoms with E-state index in [0.29, 0.717) is 34.2 Å². The van der Waals surface area contributed by atoms with E-state index < -0.39 is 0 Å². The standard InChI is InChI=1S/C21H23N3O4/c1-13-20(14(2)24(23-13)15-9-7-6-8-10-15)22-21(25)16-11-18(27-4)19(28-5)12-17(16)26-3/h6-12H,1-5H3,(H,22,25). The average molecular weight is 381 g/mol.